The van der Waals surface area contributed by atoms with Crippen molar-refractivity contribution in [3.05, 3.63) is 58.7 Å². The van der Waals surface area contributed by atoms with Crippen molar-refractivity contribution in [3.63, 3.8) is 0 Å². The molecule has 1 fully saturated rings. The lowest BCUT2D eigenvalue weighted by molar-refractivity contribution is -0.127. The normalized spacial score (nSPS) is 18.0. The molecule has 0 radical (unpaired) electrons. The average molecular weight is 607 g/mol. The van der Waals surface area contributed by atoms with E-state index in [-0.39, 0.29) is 58.8 Å². The van der Waals surface area contributed by atoms with Gasteiger partial charge in [-0.3, -0.25) is 9.59 Å². The molecule has 1 saturated carbocycles. The summed E-state index contributed by atoms with van der Waals surface area (Å²) < 4.78 is 12.2. The molecule has 0 spiro atoms. The number of benzene rings is 2. The van der Waals surface area contributed by atoms with Gasteiger partial charge in [-0.2, -0.15) is 0 Å². The van der Waals surface area contributed by atoms with E-state index in [0.29, 0.717) is 0 Å². The monoisotopic (exact) mass is 606 g/mol. The predicted molar refractivity (Wildman–Crippen MR) is 181 cm³/mol. The molecule has 6 heteroatoms. The van der Waals surface area contributed by atoms with Gasteiger partial charge in [0, 0.05) is 12.1 Å². The lowest BCUT2D eigenvalue weighted by Gasteiger charge is -2.33. The molecule has 2 atom stereocenters. The molecule has 0 aliphatic heterocycles. The summed E-state index contributed by atoms with van der Waals surface area (Å²) in [5.41, 5.74) is 4.43. The Morgan fingerprint density at radius 3 is 1.23 bits per heavy atom. The molecule has 1 aliphatic carbocycles. The number of hydrogen-bond acceptors (Lipinski definition) is 4. The number of amides is 2. The Hall–Kier alpha value is -3.02. The van der Waals surface area contributed by atoms with Crippen LogP contribution in [0.3, 0.4) is 0 Å². The Morgan fingerprint density at radius 1 is 0.591 bits per heavy atom. The lowest BCUT2D eigenvalue weighted by atomic mass is 9.80. The molecule has 244 valence electrons. The second kappa shape index (κ2) is 13.5. The quantitative estimate of drug-likeness (QED) is 0.321. The van der Waals surface area contributed by atoms with E-state index in [0.717, 1.165) is 48.3 Å². The van der Waals surface area contributed by atoms with Crippen LogP contribution in [0, 0.1) is 0 Å². The van der Waals surface area contributed by atoms with E-state index in [4.69, 9.17) is 9.47 Å². The van der Waals surface area contributed by atoms with Crippen molar-refractivity contribution in [1.29, 1.82) is 0 Å². The summed E-state index contributed by atoms with van der Waals surface area (Å²) in [5, 5.41) is 6.28. The molecule has 6 nitrogen and oxygen atoms in total. The van der Waals surface area contributed by atoms with Crippen molar-refractivity contribution >= 4 is 11.8 Å². The molecule has 2 N–H and O–H groups in total. The van der Waals surface area contributed by atoms with Crippen LogP contribution in [0.5, 0.6) is 11.5 Å². The fourth-order valence-electron chi connectivity index (χ4n) is 5.68. The summed E-state index contributed by atoms with van der Waals surface area (Å²) in [7, 11) is 0. The Labute approximate surface area is 267 Å². The highest BCUT2D eigenvalue weighted by atomic mass is 16.5. The first-order valence-corrected chi connectivity index (χ1v) is 16.3. The van der Waals surface area contributed by atoms with Crippen LogP contribution < -0.4 is 20.1 Å². The molecule has 2 aromatic carbocycles. The van der Waals surface area contributed by atoms with Crippen LogP contribution in [-0.2, 0) is 31.2 Å². The summed E-state index contributed by atoms with van der Waals surface area (Å²) in [5.74, 6) is 1.11. The minimum Gasteiger partial charge on any atom is -0.483 e. The smallest absolute Gasteiger partial charge is 0.258 e. The molecule has 2 unspecified atom stereocenters. The van der Waals surface area contributed by atoms with Crippen molar-refractivity contribution in [1.82, 2.24) is 10.6 Å². The topological polar surface area (TPSA) is 76.7 Å². The van der Waals surface area contributed by atoms with Crippen LogP contribution in [0.25, 0.3) is 0 Å². The number of nitrogens with one attached hydrogen (secondary N) is 2. The summed E-state index contributed by atoms with van der Waals surface area (Å²) in [4.78, 5) is 26.1. The van der Waals surface area contributed by atoms with Gasteiger partial charge in [0.1, 0.15) is 11.5 Å². The SMILES string of the molecule is CC(C)(C)c1ccc(OCC(=O)NC2CCCCC2NC(=O)COc2ccc(C(C)(C)C)cc2C(C)(C)C)c(C(C)(C)C)c1. The fraction of sp³-hybridized carbons (Fsp3) is 0.632. The van der Waals surface area contributed by atoms with Gasteiger partial charge in [0.15, 0.2) is 13.2 Å². The van der Waals surface area contributed by atoms with Gasteiger partial charge in [-0.1, -0.05) is 120 Å². The van der Waals surface area contributed by atoms with E-state index in [1.807, 2.05) is 12.1 Å². The van der Waals surface area contributed by atoms with E-state index in [9.17, 15) is 9.59 Å². The number of hydrogen-bond donors (Lipinski definition) is 2. The Morgan fingerprint density at radius 2 is 0.932 bits per heavy atom. The molecule has 0 aromatic heterocycles. The molecule has 0 heterocycles. The van der Waals surface area contributed by atoms with Gasteiger partial charge in [0.05, 0.1) is 0 Å². The van der Waals surface area contributed by atoms with E-state index in [1.165, 1.54) is 11.1 Å². The average Bonchev–Trinajstić information content (AvgIpc) is 2.89. The minimum absolute atomic E-state index is 0.0210. The van der Waals surface area contributed by atoms with Crippen LogP contribution in [-0.4, -0.2) is 37.1 Å². The maximum absolute atomic E-state index is 13.1. The Kier molecular flexibility index (Phi) is 10.9. The zero-order valence-electron chi connectivity index (χ0n) is 29.5. The third-order valence-electron chi connectivity index (χ3n) is 8.48. The molecule has 2 aromatic rings. The van der Waals surface area contributed by atoms with Gasteiger partial charge in [0.25, 0.3) is 11.8 Å². The van der Waals surface area contributed by atoms with Crippen molar-refractivity contribution in [3.8, 4) is 11.5 Å². The first-order valence-electron chi connectivity index (χ1n) is 16.3. The number of carbonyl (C=O) groups excluding carboxylic acids is 2. The largest absolute Gasteiger partial charge is 0.483 e. The third-order valence-corrected chi connectivity index (χ3v) is 8.48. The number of ether oxygens (including phenoxy) is 2. The fourth-order valence-corrected chi connectivity index (χ4v) is 5.68. The van der Waals surface area contributed by atoms with Gasteiger partial charge < -0.3 is 20.1 Å². The minimum atomic E-state index is -0.180. The van der Waals surface area contributed by atoms with Gasteiger partial charge in [-0.05, 0) is 68.9 Å². The van der Waals surface area contributed by atoms with Crippen molar-refractivity contribution in [2.75, 3.05) is 13.2 Å². The molecule has 0 bridgehead atoms. The highest BCUT2D eigenvalue weighted by Crippen LogP contribution is 2.37. The zero-order valence-corrected chi connectivity index (χ0v) is 29.5. The first kappa shape index (κ1) is 35.5. The van der Waals surface area contributed by atoms with E-state index in [1.54, 1.807) is 0 Å². The summed E-state index contributed by atoms with van der Waals surface area (Å²) in [6.07, 6.45) is 3.64. The number of carbonyl (C=O) groups is 2. The second-order valence-electron chi connectivity index (χ2n) is 16.6. The maximum atomic E-state index is 13.1. The van der Waals surface area contributed by atoms with Crippen molar-refractivity contribution < 1.29 is 19.1 Å². The van der Waals surface area contributed by atoms with Crippen LogP contribution in [0.4, 0.5) is 0 Å². The molecule has 44 heavy (non-hydrogen) atoms. The zero-order chi connectivity index (χ0) is 33.1. The summed E-state index contributed by atoms with van der Waals surface area (Å²) in [6.45, 7) is 26.0. The third kappa shape index (κ3) is 9.74. The summed E-state index contributed by atoms with van der Waals surface area (Å²) >= 11 is 0. The van der Waals surface area contributed by atoms with Crippen LogP contribution in [0.1, 0.15) is 131 Å². The first-order chi connectivity index (χ1) is 20.2. The predicted octanol–water partition coefficient (Wildman–Crippen LogP) is 7.88. The molecular weight excluding hydrogens is 548 g/mol. The Bertz CT molecular complexity index is 1200. The van der Waals surface area contributed by atoms with Crippen molar-refractivity contribution in [2.24, 2.45) is 0 Å². The highest BCUT2D eigenvalue weighted by Gasteiger charge is 2.29. The van der Waals surface area contributed by atoms with Gasteiger partial charge in [0.2, 0.25) is 0 Å². The van der Waals surface area contributed by atoms with Crippen LogP contribution in [0.15, 0.2) is 36.4 Å². The molecule has 2 amide bonds. The maximum Gasteiger partial charge on any atom is 0.258 e. The van der Waals surface area contributed by atoms with Crippen LogP contribution in [0.2, 0.25) is 0 Å². The van der Waals surface area contributed by atoms with Gasteiger partial charge in [-0.25, -0.2) is 0 Å². The number of rotatable bonds is 8. The second-order valence-corrected chi connectivity index (χ2v) is 16.6. The summed E-state index contributed by atoms with van der Waals surface area (Å²) in [6, 6.07) is 12.2. The van der Waals surface area contributed by atoms with Crippen molar-refractivity contribution in [2.45, 2.75) is 143 Å². The van der Waals surface area contributed by atoms with Gasteiger partial charge in [-0.15, -0.1) is 0 Å². The highest BCUT2D eigenvalue weighted by molar-refractivity contribution is 5.79. The van der Waals surface area contributed by atoms with E-state index < -0.39 is 0 Å². The molecular formula is C38H58N2O4. The Balaban J connectivity index is 1.62. The molecule has 3 rings (SSSR count). The standard InChI is InChI=1S/C38H58N2O4/c1-35(2,3)25-17-19-31(27(21-25)37(7,8)9)43-23-33(41)39-29-15-13-14-16-30(29)40-34(42)24-44-32-20-18-26(36(4,5)6)22-28(32)38(10,11)12/h17-22,29-30H,13-16,23-24H2,1-12H3,(H,39,41)(H,40,42). The van der Waals surface area contributed by atoms with E-state index >= 15 is 0 Å². The molecule has 1 aliphatic rings. The van der Waals surface area contributed by atoms with Gasteiger partial charge >= 0.3 is 0 Å². The van der Waals surface area contributed by atoms with Crippen LogP contribution >= 0.6 is 0 Å². The van der Waals surface area contributed by atoms with E-state index in [2.05, 4.69) is 118 Å². The molecule has 0 saturated heterocycles. The lowest BCUT2D eigenvalue weighted by Crippen LogP contribution is -2.54.